The Labute approximate surface area is 109 Å². The third kappa shape index (κ3) is 2.18. The number of halogens is 4. The summed E-state index contributed by atoms with van der Waals surface area (Å²) < 4.78 is 43.7. The van der Waals surface area contributed by atoms with Crippen molar-refractivity contribution < 1.29 is 22.7 Å². The Balaban J connectivity index is 2.82. The van der Waals surface area contributed by atoms with Crippen LogP contribution >= 0.6 is 22.9 Å². The molecule has 0 aliphatic carbocycles. The number of hydrogen-bond donors (Lipinski definition) is 0. The van der Waals surface area contributed by atoms with E-state index < -0.39 is 22.6 Å². The van der Waals surface area contributed by atoms with Gasteiger partial charge in [0.2, 0.25) is 0 Å². The van der Waals surface area contributed by atoms with E-state index in [9.17, 15) is 18.0 Å². The highest BCUT2D eigenvalue weighted by Crippen LogP contribution is 2.43. The van der Waals surface area contributed by atoms with Gasteiger partial charge < -0.3 is 4.74 Å². The molecule has 2 aromatic rings. The SMILES string of the molecule is COC(=O)c1sc2ccc(Cl)cc2c1C(F)(F)F. The molecule has 96 valence electrons. The predicted molar refractivity (Wildman–Crippen MR) is 63.2 cm³/mol. The second kappa shape index (κ2) is 4.44. The van der Waals surface area contributed by atoms with Crippen LogP contribution in [0.5, 0.6) is 0 Å². The van der Waals surface area contributed by atoms with Gasteiger partial charge in [-0.3, -0.25) is 0 Å². The van der Waals surface area contributed by atoms with E-state index >= 15 is 0 Å². The molecule has 0 atom stereocenters. The van der Waals surface area contributed by atoms with E-state index in [1.807, 2.05) is 0 Å². The second-order valence-corrected chi connectivity index (χ2v) is 4.92. The maximum absolute atomic E-state index is 13.0. The number of esters is 1. The van der Waals surface area contributed by atoms with Crippen LogP contribution in [0.25, 0.3) is 10.1 Å². The molecule has 7 heteroatoms. The molecule has 0 spiro atoms. The minimum atomic E-state index is -4.63. The van der Waals surface area contributed by atoms with Crippen molar-refractivity contribution in [2.24, 2.45) is 0 Å². The monoisotopic (exact) mass is 294 g/mol. The molecule has 0 aliphatic rings. The summed E-state index contributed by atoms with van der Waals surface area (Å²) in [5, 5.41) is 0.0996. The van der Waals surface area contributed by atoms with Gasteiger partial charge in [-0.2, -0.15) is 13.2 Å². The first-order valence-electron chi connectivity index (χ1n) is 4.72. The molecule has 0 saturated heterocycles. The lowest BCUT2D eigenvalue weighted by Gasteiger charge is -2.07. The van der Waals surface area contributed by atoms with Crippen molar-refractivity contribution in [3.05, 3.63) is 33.7 Å². The molecule has 0 N–H and O–H groups in total. The van der Waals surface area contributed by atoms with Gasteiger partial charge in [0.15, 0.2) is 0 Å². The van der Waals surface area contributed by atoms with Crippen molar-refractivity contribution in [1.82, 2.24) is 0 Å². The van der Waals surface area contributed by atoms with Crippen molar-refractivity contribution in [2.45, 2.75) is 6.18 Å². The van der Waals surface area contributed by atoms with Crippen molar-refractivity contribution in [1.29, 1.82) is 0 Å². The molecule has 0 radical (unpaired) electrons. The number of benzene rings is 1. The molecule has 1 aromatic carbocycles. The van der Waals surface area contributed by atoms with Crippen LogP contribution in [-0.4, -0.2) is 13.1 Å². The zero-order valence-electron chi connectivity index (χ0n) is 8.97. The third-order valence-corrected chi connectivity index (χ3v) is 3.69. The van der Waals surface area contributed by atoms with Gasteiger partial charge in [0.1, 0.15) is 4.88 Å². The van der Waals surface area contributed by atoms with E-state index in [1.54, 1.807) is 0 Å². The number of hydrogen-bond acceptors (Lipinski definition) is 3. The third-order valence-electron chi connectivity index (χ3n) is 2.30. The van der Waals surface area contributed by atoms with Crippen LogP contribution in [0.15, 0.2) is 18.2 Å². The summed E-state index contributed by atoms with van der Waals surface area (Å²) in [4.78, 5) is 10.9. The molecule has 2 rings (SSSR count). The molecule has 1 heterocycles. The summed E-state index contributed by atoms with van der Waals surface area (Å²) in [6, 6.07) is 4.12. The molecule has 1 aromatic heterocycles. The van der Waals surface area contributed by atoms with Crippen molar-refractivity contribution in [2.75, 3.05) is 7.11 Å². The Bertz CT molecular complexity index is 619. The molecular formula is C11H6ClF3O2S. The molecule has 0 aliphatic heterocycles. The largest absolute Gasteiger partial charge is 0.465 e. The fourth-order valence-electron chi connectivity index (χ4n) is 1.59. The van der Waals surface area contributed by atoms with E-state index in [4.69, 9.17) is 11.6 Å². The van der Waals surface area contributed by atoms with Crippen LogP contribution in [0.2, 0.25) is 5.02 Å². The highest BCUT2D eigenvalue weighted by Gasteiger charge is 2.39. The second-order valence-electron chi connectivity index (χ2n) is 3.44. The minimum Gasteiger partial charge on any atom is -0.465 e. The number of thiophene rings is 1. The lowest BCUT2D eigenvalue weighted by Crippen LogP contribution is -2.11. The topological polar surface area (TPSA) is 26.3 Å². The summed E-state index contributed by atoms with van der Waals surface area (Å²) >= 11 is 6.42. The number of carbonyl (C=O) groups is 1. The summed E-state index contributed by atoms with van der Waals surface area (Å²) in [5.41, 5.74) is -0.989. The zero-order valence-corrected chi connectivity index (χ0v) is 10.5. The van der Waals surface area contributed by atoms with E-state index in [1.165, 1.54) is 18.2 Å². The van der Waals surface area contributed by atoms with Gasteiger partial charge in [-0.05, 0) is 18.2 Å². The Morgan fingerprint density at radius 1 is 1.39 bits per heavy atom. The average Bonchev–Trinajstić information content (AvgIpc) is 2.65. The summed E-state index contributed by atoms with van der Waals surface area (Å²) in [5.74, 6) is -1.00. The quantitative estimate of drug-likeness (QED) is 0.731. The first-order chi connectivity index (χ1) is 8.34. The number of ether oxygens (including phenoxy) is 1. The lowest BCUT2D eigenvalue weighted by molar-refractivity contribution is -0.136. The van der Waals surface area contributed by atoms with Gasteiger partial charge in [0.25, 0.3) is 0 Å². The zero-order chi connectivity index (χ0) is 13.5. The molecular weight excluding hydrogens is 289 g/mol. The van der Waals surface area contributed by atoms with Gasteiger partial charge >= 0.3 is 12.1 Å². The number of rotatable bonds is 1. The molecule has 18 heavy (non-hydrogen) atoms. The highest BCUT2D eigenvalue weighted by atomic mass is 35.5. The molecule has 0 amide bonds. The van der Waals surface area contributed by atoms with E-state index in [0.29, 0.717) is 4.70 Å². The van der Waals surface area contributed by atoms with E-state index in [2.05, 4.69) is 4.74 Å². The highest BCUT2D eigenvalue weighted by molar-refractivity contribution is 7.21. The van der Waals surface area contributed by atoms with Gasteiger partial charge in [0.05, 0.1) is 12.7 Å². The lowest BCUT2D eigenvalue weighted by atomic mass is 10.1. The van der Waals surface area contributed by atoms with Crippen LogP contribution in [0.1, 0.15) is 15.2 Å². The number of carbonyl (C=O) groups excluding carboxylic acids is 1. The van der Waals surface area contributed by atoms with Crippen LogP contribution < -0.4 is 0 Å². The van der Waals surface area contributed by atoms with Gasteiger partial charge in [-0.25, -0.2) is 4.79 Å². The van der Waals surface area contributed by atoms with Gasteiger partial charge in [-0.15, -0.1) is 11.3 Å². The van der Waals surface area contributed by atoms with E-state index in [-0.39, 0.29) is 10.4 Å². The maximum atomic E-state index is 13.0. The predicted octanol–water partition coefficient (Wildman–Crippen LogP) is 4.36. The number of methoxy groups -OCH3 is 1. The first-order valence-corrected chi connectivity index (χ1v) is 5.91. The van der Waals surface area contributed by atoms with Gasteiger partial charge in [-0.1, -0.05) is 11.6 Å². The Hall–Kier alpha value is -1.27. The summed E-state index contributed by atoms with van der Waals surface area (Å²) in [6.07, 6.45) is -4.63. The fourth-order valence-corrected chi connectivity index (χ4v) is 2.88. The maximum Gasteiger partial charge on any atom is 0.418 e. The Morgan fingerprint density at radius 3 is 2.61 bits per heavy atom. The van der Waals surface area contributed by atoms with Crippen LogP contribution in [0.4, 0.5) is 13.2 Å². The van der Waals surface area contributed by atoms with Gasteiger partial charge in [0, 0.05) is 15.1 Å². The molecule has 0 unspecified atom stereocenters. The normalized spacial score (nSPS) is 11.8. The number of fused-ring (bicyclic) bond motifs is 1. The van der Waals surface area contributed by atoms with Crippen molar-refractivity contribution in [3.63, 3.8) is 0 Å². The average molecular weight is 295 g/mol. The molecule has 0 saturated carbocycles. The van der Waals surface area contributed by atoms with Crippen molar-refractivity contribution >= 4 is 39.0 Å². The summed E-state index contributed by atoms with van der Waals surface area (Å²) in [7, 11) is 1.04. The molecule has 2 nitrogen and oxygen atoms in total. The first kappa shape index (κ1) is 13.2. The van der Waals surface area contributed by atoms with Crippen LogP contribution in [0, 0.1) is 0 Å². The van der Waals surface area contributed by atoms with Crippen molar-refractivity contribution in [3.8, 4) is 0 Å². The fraction of sp³-hybridized carbons (Fsp3) is 0.182. The van der Waals surface area contributed by atoms with Crippen LogP contribution in [0.3, 0.4) is 0 Å². The van der Waals surface area contributed by atoms with E-state index in [0.717, 1.165) is 18.4 Å². The summed E-state index contributed by atoms with van der Waals surface area (Å²) in [6.45, 7) is 0. The smallest absolute Gasteiger partial charge is 0.418 e. The van der Waals surface area contributed by atoms with Crippen LogP contribution in [-0.2, 0) is 10.9 Å². The Kier molecular flexibility index (Phi) is 3.25. The molecule has 0 bridgehead atoms. The number of alkyl halides is 3. The molecule has 0 fully saturated rings. The Morgan fingerprint density at radius 2 is 2.06 bits per heavy atom. The standard InChI is InChI=1S/C11H6ClF3O2S/c1-17-10(16)9-8(11(13,14)15)6-4-5(12)2-3-7(6)18-9/h2-4H,1H3. The minimum absolute atomic E-state index is 0.0830.